The number of rotatable bonds is 5. The smallest absolute Gasteiger partial charge is 0.274 e. The van der Waals surface area contributed by atoms with Crippen LogP contribution in [0.4, 0.5) is 11.4 Å². The molecule has 2 atom stereocenters. The van der Waals surface area contributed by atoms with Gasteiger partial charge in [0.15, 0.2) is 0 Å². The van der Waals surface area contributed by atoms with E-state index in [0.717, 1.165) is 18.7 Å². The SMILES string of the molecule is Cc1ccc(NC(C)CC2CCCCCN2)cc1[N+](=O)[O-]. The molecule has 2 unspecified atom stereocenters. The van der Waals surface area contributed by atoms with Crippen molar-refractivity contribution in [2.45, 2.75) is 58.0 Å². The quantitative estimate of drug-likeness (QED) is 0.642. The molecule has 1 fully saturated rings. The van der Waals surface area contributed by atoms with E-state index in [1.165, 1.54) is 25.7 Å². The van der Waals surface area contributed by atoms with E-state index < -0.39 is 0 Å². The predicted octanol–water partition coefficient (Wildman–Crippen LogP) is 3.63. The van der Waals surface area contributed by atoms with E-state index in [0.29, 0.717) is 17.6 Å². The van der Waals surface area contributed by atoms with Gasteiger partial charge in [-0.15, -0.1) is 0 Å². The first kappa shape index (κ1) is 15.8. The Morgan fingerprint density at radius 2 is 2.24 bits per heavy atom. The van der Waals surface area contributed by atoms with E-state index in [-0.39, 0.29) is 10.6 Å². The minimum Gasteiger partial charge on any atom is -0.382 e. The molecule has 116 valence electrons. The molecule has 21 heavy (non-hydrogen) atoms. The van der Waals surface area contributed by atoms with Crippen LogP contribution in [-0.4, -0.2) is 23.6 Å². The fourth-order valence-electron chi connectivity index (χ4n) is 2.97. The molecule has 1 heterocycles. The summed E-state index contributed by atoms with van der Waals surface area (Å²) in [4.78, 5) is 10.7. The van der Waals surface area contributed by atoms with Crippen molar-refractivity contribution in [1.29, 1.82) is 0 Å². The summed E-state index contributed by atoms with van der Waals surface area (Å²) >= 11 is 0. The largest absolute Gasteiger partial charge is 0.382 e. The maximum absolute atomic E-state index is 11.0. The molecular formula is C16H25N3O2. The molecule has 0 aliphatic carbocycles. The highest BCUT2D eigenvalue weighted by molar-refractivity contribution is 5.55. The van der Waals surface area contributed by atoms with Crippen LogP contribution in [0.1, 0.15) is 44.6 Å². The fourth-order valence-corrected chi connectivity index (χ4v) is 2.97. The van der Waals surface area contributed by atoms with Crippen molar-refractivity contribution in [3.8, 4) is 0 Å². The molecule has 1 aliphatic heterocycles. The van der Waals surface area contributed by atoms with Gasteiger partial charge in [0.05, 0.1) is 4.92 Å². The van der Waals surface area contributed by atoms with Gasteiger partial charge < -0.3 is 10.6 Å². The van der Waals surface area contributed by atoms with Crippen molar-refractivity contribution in [3.63, 3.8) is 0 Å². The molecular weight excluding hydrogens is 266 g/mol. The summed E-state index contributed by atoms with van der Waals surface area (Å²) in [5.41, 5.74) is 1.71. The van der Waals surface area contributed by atoms with Crippen LogP contribution >= 0.6 is 0 Å². The Hall–Kier alpha value is -1.62. The van der Waals surface area contributed by atoms with Gasteiger partial charge in [-0.2, -0.15) is 0 Å². The van der Waals surface area contributed by atoms with Crippen molar-refractivity contribution in [3.05, 3.63) is 33.9 Å². The molecule has 1 aliphatic rings. The molecule has 1 aromatic rings. The summed E-state index contributed by atoms with van der Waals surface area (Å²) in [5, 5.41) is 18.0. The molecule has 0 aromatic heterocycles. The van der Waals surface area contributed by atoms with E-state index in [2.05, 4.69) is 17.6 Å². The monoisotopic (exact) mass is 291 g/mol. The molecule has 0 spiro atoms. The van der Waals surface area contributed by atoms with Gasteiger partial charge in [0, 0.05) is 29.4 Å². The third-order valence-electron chi connectivity index (χ3n) is 4.12. The van der Waals surface area contributed by atoms with Gasteiger partial charge >= 0.3 is 0 Å². The Labute approximate surface area is 126 Å². The Morgan fingerprint density at radius 1 is 1.43 bits per heavy atom. The second kappa shape index (κ2) is 7.41. The zero-order chi connectivity index (χ0) is 15.2. The zero-order valence-corrected chi connectivity index (χ0v) is 12.9. The summed E-state index contributed by atoms with van der Waals surface area (Å²) in [7, 11) is 0. The second-order valence-electron chi connectivity index (χ2n) is 6.04. The van der Waals surface area contributed by atoms with Gasteiger partial charge in [-0.3, -0.25) is 10.1 Å². The Balaban J connectivity index is 1.94. The number of nitrogens with one attached hydrogen (secondary N) is 2. The van der Waals surface area contributed by atoms with Crippen LogP contribution in [0.25, 0.3) is 0 Å². The molecule has 5 heteroatoms. The number of nitro groups is 1. The number of nitrogens with zero attached hydrogens (tertiary/aromatic N) is 1. The molecule has 0 radical (unpaired) electrons. The summed E-state index contributed by atoms with van der Waals surface area (Å²) in [6.07, 6.45) is 6.14. The summed E-state index contributed by atoms with van der Waals surface area (Å²) in [6.45, 7) is 5.01. The first-order chi connectivity index (χ1) is 10.1. The van der Waals surface area contributed by atoms with Crippen LogP contribution in [0, 0.1) is 17.0 Å². The zero-order valence-electron chi connectivity index (χ0n) is 12.9. The predicted molar refractivity (Wildman–Crippen MR) is 85.8 cm³/mol. The molecule has 0 saturated carbocycles. The van der Waals surface area contributed by atoms with Gasteiger partial charge in [0.1, 0.15) is 0 Å². The number of nitro benzene ring substituents is 1. The molecule has 1 saturated heterocycles. The van der Waals surface area contributed by atoms with Crippen molar-refractivity contribution < 1.29 is 4.92 Å². The lowest BCUT2D eigenvalue weighted by atomic mass is 10.0. The Kier molecular flexibility index (Phi) is 5.56. The van der Waals surface area contributed by atoms with E-state index in [1.807, 2.05) is 6.07 Å². The Bertz CT molecular complexity index is 482. The van der Waals surface area contributed by atoms with Gasteiger partial charge in [-0.25, -0.2) is 0 Å². The fraction of sp³-hybridized carbons (Fsp3) is 0.625. The lowest BCUT2D eigenvalue weighted by molar-refractivity contribution is -0.385. The first-order valence-corrected chi connectivity index (χ1v) is 7.81. The second-order valence-corrected chi connectivity index (χ2v) is 6.04. The first-order valence-electron chi connectivity index (χ1n) is 7.81. The van der Waals surface area contributed by atoms with Crippen molar-refractivity contribution in [1.82, 2.24) is 5.32 Å². The molecule has 0 amide bonds. The van der Waals surface area contributed by atoms with Crippen molar-refractivity contribution in [2.75, 3.05) is 11.9 Å². The van der Waals surface area contributed by atoms with Crippen LogP contribution < -0.4 is 10.6 Å². The molecule has 5 nitrogen and oxygen atoms in total. The maximum Gasteiger partial charge on any atom is 0.274 e. The molecule has 2 N–H and O–H groups in total. The van der Waals surface area contributed by atoms with E-state index >= 15 is 0 Å². The number of hydrogen-bond donors (Lipinski definition) is 2. The highest BCUT2D eigenvalue weighted by Crippen LogP contribution is 2.23. The number of aryl methyl sites for hydroxylation is 1. The van der Waals surface area contributed by atoms with Crippen molar-refractivity contribution >= 4 is 11.4 Å². The summed E-state index contributed by atoms with van der Waals surface area (Å²) < 4.78 is 0. The number of hydrogen-bond acceptors (Lipinski definition) is 4. The van der Waals surface area contributed by atoms with Gasteiger partial charge in [-0.1, -0.05) is 18.9 Å². The normalized spacial score (nSPS) is 20.6. The van der Waals surface area contributed by atoms with E-state index in [9.17, 15) is 10.1 Å². The topological polar surface area (TPSA) is 67.2 Å². The van der Waals surface area contributed by atoms with Crippen molar-refractivity contribution in [2.24, 2.45) is 0 Å². The van der Waals surface area contributed by atoms with Gasteiger partial charge in [0.2, 0.25) is 0 Å². The average Bonchev–Trinajstić information content (AvgIpc) is 2.69. The maximum atomic E-state index is 11.0. The van der Waals surface area contributed by atoms with E-state index in [4.69, 9.17) is 0 Å². The lowest BCUT2D eigenvalue weighted by Crippen LogP contribution is -2.33. The Morgan fingerprint density at radius 3 is 3.00 bits per heavy atom. The molecule has 0 bridgehead atoms. The minimum absolute atomic E-state index is 0.180. The number of anilines is 1. The lowest BCUT2D eigenvalue weighted by Gasteiger charge is -2.22. The van der Waals surface area contributed by atoms with Crippen LogP contribution in [0.2, 0.25) is 0 Å². The minimum atomic E-state index is -0.321. The van der Waals surface area contributed by atoms with Gasteiger partial charge in [0.25, 0.3) is 5.69 Å². The number of benzene rings is 1. The highest BCUT2D eigenvalue weighted by atomic mass is 16.6. The van der Waals surface area contributed by atoms with Crippen LogP contribution in [0.15, 0.2) is 18.2 Å². The standard InChI is InChI=1S/C16H25N3O2/c1-12-7-8-15(11-16(12)19(20)21)18-13(2)10-14-6-4-3-5-9-17-14/h7-8,11,13-14,17-18H,3-6,9-10H2,1-2H3. The molecule has 2 rings (SSSR count). The third-order valence-corrected chi connectivity index (χ3v) is 4.12. The average molecular weight is 291 g/mol. The summed E-state index contributed by atoms with van der Waals surface area (Å²) in [5.74, 6) is 0. The van der Waals surface area contributed by atoms with Crippen LogP contribution in [0.3, 0.4) is 0 Å². The summed E-state index contributed by atoms with van der Waals surface area (Å²) in [6, 6.07) is 6.20. The van der Waals surface area contributed by atoms with Gasteiger partial charge in [-0.05, 0) is 45.7 Å². The third kappa shape index (κ3) is 4.70. The van der Waals surface area contributed by atoms with E-state index in [1.54, 1.807) is 19.1 Å². The highest BCUT2D eigenvalue weighted by Gasteiger charge is 2.16. The van der Waals surface area contributed by atoms with Crippen LogP contribution in [-0.2, 0) is 0 Å². The van der Waals surface area contributed by atoms with Crippen LogP contribution in [0.5, 0.6) is 0 Å². The molecule has 1 aromatic carbocycles.